The third-order valence-corrected chi connectivity index (χ3v) is 5.32. The zero-order valence-electron chi connectivity index (χ0n) is 14.5. The normalized spacial score (nSPS) is 26.0. The minimum atomic E-state index is -0.982. The maximum Gasteiger partial charge on any atom is 0.313 e. The van der Waals surface area contributed by atoms with Gasteiger partial charge in [0.15, 0.2) is 0 Å². The van der Waals surface area contributed by atoms with Crippen LogP contribution in [0.2, 0.25) is 0 Å². The molecule has 1 amide bonds. The smallest absolute Gasteiger partial charge is 0.313 e. The molecule has 6 nitrogen and oxygen atoms in total. The molecule has 2 fully saturated rings. The Balaban J connectivity index is 1.74. The number of carbonyl (C=O) groups is 2. The van der Waals surface area contributed by atoms with E-state index in [-0.39, 0.29) is 30.8 Å². The predicted molar refractivity (Wildman–Crippen MR) is 88.4 cm³/mol. The Kier molecular flexibility index (Phi) is 4.79. The lowest BCUT2D eigenvalue weighted by Gasteiger charge is -2.25. The van der Waals surface area contributed by atoms with E-state index in [1.165, 1.54) is 13.2 Å². The molecule has 2 aliphatic rings. The Hall–Kier alpha value is -1.99. The van der Waals surface area contributed by atoms with E-state index in [2.05, 4.69) is 0 Å². The number of methoxy groups -OCH3 is 1. The van der Waals surface area contributed by atoms with Crippen LogP contribution in [0, 0.1) is 24.1 Å². The fourth-order valence-electron chi connectivity index (χ4n) is 4.06. The lowest BCUT2D eigenvalue weighted by atomic mass is 9.81. The molecule has 0 aliphatic carbocycles. The van der Waals surface area contributed by atoms with Crippen LogP contribution in [0.3, 0.4) is 0 Å². The molecule has 3 rings (SSSR count). The van der Waals surface area contributed by atoms with Gasteiger partial charge in [-0.1, -0.05) is 17.7 Å². The number of nitrogens with zero attached hydrogens (tertiary/aromatic N) is 2. The van der Waals surface area contributed by atoms with Crippen molar-refractivity contribution in [1.82, 2.24) is 9.80 Å². The highest BCUT2D eigenvalue weighted by molar-refractivity contribution is 5.82. The third kappa shape index (κ3) is 3.26. The van der Waals surface area contributed by atoms with Gasteiger partial charge in [-0.05, 0) is 13.0 Å². The van der Waals surface area contributed by atoms with E-state index in [9.17, 15) is 19.1 Å². The van der Waals surface area contributed by atoms with Crippen LogP contribution >= 0.6 is 0 Å². The van der Waals surface area contributed by atoms with Gasteiger partial charge in [0.2, 0.25) is 5.91 Å². The molecule has 1 aromatic carbocycles. The first kappa shape index (κ1) is 17.8. The molecule has 7 heteroatoms. The number of aliphatic carboxylic acids is 1. The van der Waals surface area contributed by atoms with Crippen molar-refractivity contribution in [3.05, 3.63) is 35.1 Å². The zero-order valence-corrected chi connectivity index (χ0v) is 14.5. The topological polar surface area (TPSA) is 70.1 Å². The van der Waals surface area contributed by atoms with E-state index in [0.717, 1.165) is 5.56 Å². The minimum Gasteiger partial charge on any atom is -0.481 e. The average Bonchev–Trinajstić information content (AvgIpc) is 3.06. The van der Waals surface area contributed by atoms with Gasteiger partial charge >= 0.3 is 5.97 Å². The van der Waals surface area contributed by atoms with Crippen molar-refractivity contribution < 1.29 is 23.8 Å². The monoisotopic (exact) mass is 350 g/mol. The zero-order chi connectivity index (χ0) is 18.2. The standard InChI is InChI=1S/C18H23FN2O4/c1-12-3-4-15(19)13(5-12)6-20-7-14-8-21(16(22)9-25-2)11-18(14,10-20)17(23)24/h3-5,14H,6-11H2,1-2H3,(H,23,24)/t14-,18-/m1/s1. The number of benzene rings is 1. The van der Waals surface area contributed by atoms with Gasteiger partial charge < -0.3 is 14.7 Å². The summed E-state index contributed by atoms with van der Waals surface area (Å²) in [5.74, 6) is -1.51. The number of rotatable bonds is 5. The second-order valence-electron chi connectivity index (χ2n) is 7.13. The Labute approximate surface area is 146 Å². The van der Waals surface area contributed by atoms with Crippen molar-refractivity contribution in [3.63, 3.8) is 0 Å². The summed E-state index contributed by atoms with van der Waals surface area (Å²) < 4.78 is 18.9. The second kappa shape index (κ2) is 6.72. The van der Waals surface area contributed by atoms with Crippen LogP contribution in [0.25, 0.3) is 0 Å². The number of fused-ring (bicyclic) bond motifs is 1. The van der Waals surface area contributed by atoms with Crippen molar-refractivity contribution in [3.8, 4) is 0 Å². The fraction of sp³-hybridized carbons (Fsp3) is 0.556. The van der Waals surface area contributed by atoms with E-state index < -0.39 is 11.4 Å². The highest BCUT2D eigenvalue weighted by Crippen LogP contribution is 2.43. The first-order chi connectivity index (χ1) is 11.9. The molecule has 2 atom stereocenters. The largest absolute Gasteiger partial charge is 0.481 e. The van der Waals surface area contributed by atoms with Gasteiger partial charge in [-0.3, -0.25) is 14.5 Å². The number of ether oxygens (including phenoxy) is 1. The summed E-state index contributed by atoms with van der Waals surface area (Å²) in [6, 6.07) is 4.96. The van der Waals surface area contributed by atoms with Crippen molar-refractivity contribution in [2.45, 2.75) is 13.5 Å². The van der Waals surface area contributed by atoms with Crippen LogP contribution in [0.5, 0.6) is 0 Å². The van der Waals surface area contributed by atoms with Crippen LogP contribution in [0.4, 0.5) is 4.39 Å². The lowest BCUT2D eigenvalue weighted by molar-refractivity contribution is -0.149. The molecule has 1 aromatic rings. The molecule has 0 spiro atoms. The molecule has 136 valence electrons. The number of carboxylic acids is 1. The number of likely N-dealkylation sites (tertiary alicyclic amines) is 2. The highest BCUT2D eigenvalue weighted by atomic mass is 19.1. The van der Waals surface area contributed by atoms with Gasteiger partial charge in [-0.2, -0.15) is 0 Å². The van der Waals surface area contributed by atoms with E-state index in [1.54, 1.807) is 17.0 Å². The summed E-state index contributed by atoms with van der Waals surface area (Å²) in [5.41, 5.74) is 0.567. The maximum absolute atomic E-state index is 14.0. The summed E-state index contributed by atoms with van der Waals surface area (Å²) in [5, 5.41) is 9.82. The van der Waals surface area contributed by atoms with E-state index in [0.29, 0.717) is 31.7 Å². The number of hydrogen-bond donors (Lipinski definition) is 1. The number of halogens is 1. The number of hydrogen-bond acceptors (Lipinski definition) is 4. The van der Waals surface area contributed by atoms with Crippen molar-refractivity contribution >= 4 is 11.9 Å². The summed E-state index contributed by atoms with van der Waals surface area (Å²) >= 11 is 0. The molecule has 2 heterocycles. The Morgan fingerprint density at radius 2 is 2.12 bits per heavy atom. The van der Waals surface area contributed by atoms with Crippen molar-refractivity contribution in [2.24, 2.45) is 11.3 Å². The van der Waals surface area contributed by atoms with Gasteiger partial charge in [0.25, 0.3) is 0 Å². The highest BCUT2D eigenvalue weighted by Gasteiger charge is 2.58. The molecular weight excluding hydrogens is 327 g/mol. The first-order valence-electron chi connectivity index (χ1n) is 8.33. The average molecular weight is 350 g/mol. The predicted octanol–water partition coefficient (Wildman–Crippen LogP) is 1.13. The number of carbonyl (C=O) groups excluding carboxylic acids is 1. The summed E-state index contributed by atoms with van der Waals surface area (Å²) in [6.45, 7) is 3.68. The Morgan fingerprint density at radius 3 is 2.76 bits per heavy atom. The molecule has 0 bridgehead atoms. The fourth-order valence-corrected chi connectivity index (χ4v) is 4.06. The number of amides is 1. The van der Waals surface area contributed by atoms with Gasteiger partial charge in [-0.25, -0.2) is 4.39 Å². The van der Waals surface area contributed by atoms with Crippen molar-refractivity contribution in [2.75, 3.05) is 39.9 Å². The molecule has 0 unspecified atom stereocenters. The second-order valence-corrected chi connectivity index (χ2v) is 7.13. The maximum atomic E-state index is 14.0. The van der Waals surface area contributed by atoms with Gasteiger partial charge in [0, 0.05) is 51.3 Å². The van der Waals surface area contributed by atoms with Crippen molar-refractivity contribution in [1.29, 1.82) is 0 Å². The van der Waals surface area contributed by atoms with Gasteiger partial charge in [0.1, 0.15) is 17.8 Å². The SMILES string of the molecule is COCC(=O)N1C[C@H]2CN(Cc3cc(C)ccc3F)C[C@@]2(C(=O)O)C1. The summed E-state index contributed by atoms with van der Waals surface area (Å²) in [4.78, 5) is 27.6. The van der Waals surface area contributed by atoms with Gasteiger partial charge in [0.05, 0.1) is 0 Å². The molecule has 2 aliphatic heterocycles. The lowest BCUT2D eigenvalue weighted by Crippen LogP contribution is -2.42. The van der Waals surface area contributed by atoms with Crippen LogP contribution in [-0.4, -0.2) is 66.7 Å². The van der Waals surface area contributed by atoms with E-state index in [1.807, 2.05) is 11.8 Å². The molecule has 0 radical (unpaired) electrons. The van der Waals surface area contributed by atoms with E-state index >= 15 is 0 Å². The minimum absolute atomic E-state index is 0.0410. The molecule has 0 saturated carbocycles. The van der Waals surface area contributed by atoms with Crippen LogP contribution < -0.4 is 0 Å². The summed E-state index contributed by atoms with van der Waals surface area (Å²) in [7, 11) is 1.44. The van der Waals surface area contributed by atoms with E-state index in [4.69, 9.17) is 4.74 Å². The molecule has 1 N–H and O–H groups in total. The molecular formula is C18H23FN2O4. The van der Waals surface area contributed by atoms with Crippen LogP contribution in [0.15, 0.2) is 18.2 Å². The quantitative estimate of drug-likeness (QED) is 0.862. The first-order valence-corrected chi connectivity index (χ1v) is 8.33. The van der Waals surface area contributed by atoms with Crippen LogP contribution in [-0.2, 0) is 20.9 Å². The Morgan fingerprint density at radius 1 is 1.36 bits per heavy atom. The van der Waals surface area contributed by atoms with Gasteiger partial charge in [-0.15, -0.1) is 0 Å². The van der Waals surface area contributed by atoms with Crippen LogP contribution in [0.1, 0.15) is 11.1 Å². The summed E-state index contributed by atoms with van der Waals surface area (Å²) in [6.07, 6.45) is 0. The number of carboxylic acid groups (broad SMARTS) is 1. The third-order valence-electron chi connectivity index (χ3n) is 5.32. The molecule has 0 aromatic heterocycles. The number of aryl methyl sites for hydroxylation is 1. The molecule has 25 heavy (non-hydrogen) atoms. The molecule has 2 saturated heterocycles. The Bertz CT molecular complexity index is 696.